The smallest absolute Gasteiger partial charge is 0.271 e. The minimum atomic E-state index is -0.0955. The Morgan fingerprint density at radius 3 is 2.48 bits per heavy atom. The molecule has 0 spiro atoms. The number of aryl methyl sites for hydroxylation is 2. The molecule has 3 rings (SSSR count). The van der Waals surface area contributed by atoms with E-state index in [9.17, 15) is 9.59 Å². The van der Waals surface area contributed by atoms with Crippen LogP contribution in [0.15, 0.2) is 42.6 Å². The summed E-state index contributed by atoms with van der Waals surface area (Å²) in [6.45, 7) is 4.62. The van der Waals surface area contributed by atoms with Crippen LogP contribution < -0.4 is 4.90 Å². The summed E-state index contributed by atoms with van der Waals surface area (Å²) in [5, 5.41) is 0. The van der Waals surface area contributed by atoms with Crippen molar-refractivity contribution < 1.29 is 9.59 Å². The molecule has 1 aromatic heterocycles. The van der Waals surface area contributed by atoms with E-state index in [2.05, 4.69) is 0 Å². The predicted octanol–water partition coefficient (Wildman–Crippen LogP) is 2.21. The van der Waals surface area contributed by atoms with E-state index in [4.69, 9.17) is 0 Å². The molecule has 2 heterocycles. The zero-order valence-corrected chi connectivity index (χ0v) is 13.7. The van der Waals surface area contributed by atoms with Crippen molar-refractivity contribution >= 4 is 17.5 Å². The zero-order chi connectivity index (χ0) is 16.6. The van der Waals surface area contributed by atoms with Crippen molar-refractivity contribution in [2.75, 3.05) is 18.0 Å². The Balaban J connectivity index is 1.79. The first-order valence-electron chi connectivity index (χ1n) is 7.76. The third-order valence-corrected chi connectivity index (χ3v) is 4.35. The molecule has 5 heteroatoms. The number of amides is 2. The van der Waals surface area contributed by atoms with Gasteiger partial charge in [-0.15, -0.1) is 0 Å². The van der Waals surface area contributed by atoms with Gasteiger partial charge in [-0.2, -0.15) is 0 Å². The molecule has 0 N–H and O–H groups in total. The van der Waals surface area contributed by atoms with Gasteiger partial charge in [-0.3, -0.25) is 9.59 Å². The average molecular weight is 311 g/mol. The highest BCUT2D eigenvalue weighted by molar-refractivity contribution is 6.01. The molecule has 2 amide bonds. The molecule has 0 bridgehead atoms. The minimum absolute atomic E-state index is 0.0311. The van der Waals surface area contributed by atoms with Crippen molar-refractivity contribution in [3.05, 3.63) is 53.9 Å². The van der Waals surface area contributed by atoms with Crippen LogP contribution in [0.2, 0.25) is 0 Å². The molecular weight excluding hydrogens is 290 g/mol. The number of nitrogens with zero attached hydrogens (tertiary/aromatic N) is 3. The molecule has 1 saturated heterocycles. The van der Waals surface area contributed by atoms with Gasteiger partial charge in [-0.05, 0) is 38.1 Å². The summed E-state index contributed by atoms with van der Waals surface area (Å²) in [4.78, 5) is 28.6. The second kappa shape index (κ2) is 5.91. The summed E-state index contributed by atoms with van der Waals surface area (Å²) in [5.74, 6) is -0.142. The quantitative estimate of drug-likeness (QED) is 0.853. The summed E-state index contributed by atoms with van der Waals surface area (Å²) in [6.07, 6.45) is 1.84. The van der Waals surface area contributed by atoms with Gasteiger partial charge in [-0.25, -0.2) is 0 Å². The number of aromatic nitrogens is 1. The molecule has 23 heavy (non-hydrogen) atoms. The monoisotopic (exact) mass is 311 g/mol. The highest BCUT2D eigenvalue weighted by Gasteiger charge is 2.34. The number of rotatable bonds is 2. The first-order chi connectivity index (χ1) is 11.0. The summed E-state index contributed by atoms with van der Waals surface area (Å²) in [7, 11) is 1.84. The van der Waals surface area contributed by atoms with Gasteiger partial charge in [0, 0.05) is 31.5 Å². The number of anilines is 1. The van der Waals surface area contributed by atoms with E-state index in [-0.39, 0.29) is 24.4 Å². The Morgan fingerprint density at radius 1 is 1.17 bits per heavy atom. The van der Waals surface area contributed by atoms with Crippen molar-refractivity contribution in [1.29, 1.82) is 0 Å². The number of carbonyl (C=O) groups is 2. The van der Waals surface area contributed by atoms with Crippen molar-refractivity contribution in [2.45, 2.75) is 19.9 Å². The van der Waals surface area contributed by atoms with Crippen LogP contribution in [0.4, 0.5) is 5.69 Å². The first kappa shape index (κ1) is 15.3. The summed E-state index contributed by atoms with van der Waals surface area (Å²) >= 11 is 0. The fourth-order valence-corrected chi connectivity index (χ4v) is 2.93. The molecule has 1 aliphatic rings. The Kier molecular flexibility index (Phi) is 3.94. The maximum absolute atomic E-state index is 12.7. The Hall–Kier alpha value is -2.56. The molecule has 0 unspecified atom stereocenters. The van der Waals surface area contributed by atoms with Gasteiger partial charge in [0.1, 0.15) is 12.2 Å². The lowest BCUT2D eigenvalue weighted by Crippen LogP contribution is -2.57. The lowest BCUT2D eigenvalue weighted by Gasteiger charge is -2.39. The molecule has 2 aromatic rings. The van der Waals surface area contributed by atoms with Crippen LogP contribution in [0.5, 0.6) is 0 Å². The van der Waals surface area contributed by atoms with E-state index in [1.165, 1.54) is 0 Å². The third-order valence-electron chi connectivity index (χ3n) is 4.35. The van der Waals surface area contributed by atoms with Gasteiger partial charge in [0.25, 0.3) is 5.91 Å². The number of benzene rings is 1. The zero-order valence-electron chi connectivity index (χ0n) is 13.7. The van der Waals surface area contributed by atoms with Gasteiger partial charge in [0.05, 0.1) is 0 Å². The maximum atomic E-state index is 12.7. The fraction of sp³-hybridized carbons (Fsp3) is 0.333. The van der Waals surface area contributed by atoms with E-state index < -0.39 is 0 Å². The van der Waals surface area contributed by atoms with Crippen LogP contribution >= 0.6 is 0 Å². The Bertz CT molecular complexity index is 733. The van der Waals surface area contributed by atoms with E-state index in [0.29, 0.717) is 12.2 Å². The molecule has 0 aliphatic carbocycles. The molecule has 5 nitrogen and oxygen atoms in total. The topological polar surface area (TPSA) is 45.5 Å². The van der Waals surface area contributed by atoms with E-state index in [1.807, 2.05) is 57.4 Å². The Labute approximate surface area is 136 Å². The molecule has 1 aliphatic heterocycles. The Morgan fingerprint density at radius 2 is 1.87 bits per heavy atom. The van der Waals surface area contributed by atoms with Crippen molar-refractivity contribution in [3.63, 3.8) is 0 Å². The molecule has 0 radical (unpaired) electrons. The van der Waals surface area contributed by atoms with Crippen molar-refractivity contribution in [3.8, 4) is 0 Å². The van der Waals surface area contributed by atoms with Gasteiger partial charge < -0.3 is 14.4 Å². The maximum Gasteiger partial charge on any atom is 0.271 e. The number of hydrogen-bond acceptors (Lipinski definition) is 2. The molecular formula is C18H21N3O2. The lowest BCUT2D eigenvalue weighted by molar-refractivity contribution is -0.121. The average Bonchev–Trinajstić information content (AvgIpc) is 2.95. The van der Waals surface area contributed by atoms with Crippen LogP contribution in [0.3, 0.4) is 0 Å². The van der Waals surface area contributed by atoms with Crippen LogP contribution in [0.1, 0.15) is 23.0 Å². The highest BCUT2D eigenvalue weighted by Crippen LogP contribution is 2.22. The summed E-state index contributed by atoms with van der Waals surface area (Å²) in [6, 6.07) is 11.5. The number of piperazine rings is 1. The van der Waals surface area contributed by atoms with Crippen molar-refractivity contribution in [1.82, 2.24) is 9.47 Å². The molecule has 120 valence electrons. The van der Waals surface area contributed by atoms with Crippen LogP contribution in [-0.4, -0.2) is 40.4 Å². The largest absolute Gasteiger partial charge is 0.347 e. The summed E-state index contributed by atoms with van der Waals surface area (Å²) < 4.78 is 1.78. The second-order valence-corrected chi connectivity index (χ2v) is 6.13. The molecule has 0 saturated carbocycles. The van der Waals surface area contributed by atoms with Gasteiger partial charge in [0.2, 0.25) is 5.91 Å². The SMILES string of the molecule is Cc1ccc(N2C[C@@H](C)N(C(=O)c3cccn3C)CC2=O)cc1. The molecule has 1 fully saturated rings. The van der Waals surface area contributed by atoms with E-state index in [0.717, 1.165) is 11.3 Å². The van der Waals surface area contributed by atoms with Crippen LogP contribution in [0, 0.1) is 6.92 Å². The standard InChI is InChI=1S/C18H21N3O2/c1-13-6-8-15(9-7-13)21-11-14(2)20(12-17(21)22)18(23)16-5-4-10-19(16)3/h4-10,14H,11-12H2,1-3H3/t14-/m1/s1. The lowest BCUT2D eigenvalue weighted by atomic mass is 10.1. The number of hydrogen-bond donors (Lipinski definition) is 0. The van der Waals surface area contributed by atoms with Gasteiger partial charge in [-0.1, -0.05) is 17.7 Å². The predicted molar refractivity (Wildman–Crippen MR) is 89.4 cm³/mol. The van der Waals surface area contributed by atoms with Gasteiger partial charge in [0.15, 0.2) is 0 Å². The summed E-state index contributed by atoms with van der Waals surface area (Å²) in [5.41, 5.74) is 2.65. The van der Waals surface area contributed by atoms with Crippen LogP contribution in [0.25, 0.3) is 0 Å². The van der Waals surface area contributed by atoms with Crippen LogP contribution in [-0.2, 0) is 11.8 Å². The number of carbonyl (C=O) groups excluding carboxylic acids is 2. The second-order valence-electron chi connectivity index (χ2n) is 6.13. The minimum Gasteiger partial charge on any atom is -0.347 e. The van der Waals surface area contributed by atoms with E-state index >= 15 is 0 Å². The fourth-order valence-electron chi connectivity index (χ4n) is 2.93. The normalized spacial score (nSPS) is 18.4. The van der Waals surface area contributed by atoms with Gasteiger partial charge >= 0.3 is 0 Å². The van der Waals surface area contributed by atoms with Crippen molar-refractivity contribution in [2.24, 2.45) is 7.05 Å². The van der Waals surface area contributed by atoms with E-state index in [1.54, 1.807) is 20.4 Å². The highest BCUT2D eigenvalue weighted by atomic mass is 16.2. The molecule has 1 atom stereocenters. The molecule has 1 aromatic carbocycles. The first-order valence-corrected chi connectivity index (χ1v) is 7.76. The third kappa shape index (κ3) is 2.86.